The molecule has 0 radical (unpaired) electrons. The molecule has 2 N–H and O–H groups in total. The van der Waals surface area contributed by atoms with Gasteiger partial charge in [-0.3, -0.25) is 9.98 Å². The molecule has 0 bridgehead atoms. The predicted octanol–water partition coefficient (Wildman–Crippen LogP) is 5.83. The molecule has 4 nitrogen and oxygen atoms in total. The fourth-order valence-corrected chi connectivity index (χ4v) is 2.53. The maximum absolute atomic E-state index is 6.22. The van der Waals surface area contributed by atoms with Crippen LogP contribution >= 0.6 is 11.6 Å². The highest BCUT2D eigenvalue weighted by Gasteiger charge is 2.13. The minimum Gasteiger partial charge on any atom is -0.455 e. The molecule has 1 rings (SSSR count). The molecule has 0 saturated carbocycles. The van der Waals surface area contributed by atoms with Crippen LogP contribution in [0.5, 0.6) is 5.75 Å². The Morgan fingerprint density at radius 3 is 2.52 bits per heavy atom. The maximum Gasteiger partial charge on any atom is 0.140 e. The van der Waals surface area contributed by atoms with Gasteiger partial charge in [0.2, 0.25) is 0 Å². The van der Waals surface area contributed by atoms with Gasteiger partial charge in [-0.1, -0.05) is 24.6 Å². The summed E-state index contributed by atoms with van der Waals surface area (Å²) in [5.74, 6) is 1.30. The van der Waals surface area contributed by atoms with Gasteiger partial charge in [0.05, 0.1) is 11.9 Å². The van der Waals surface area contributed by atoms with Gasteiger partial charge in [-0.15, -0.1) is 0 Å². The summed E-state index contributed by atoms with van der Waals surface area (Å²) in [7, 11) is 1.71. The van der Waals surface area contributed by atoms with E-state index in [1.165, 1.54) is 0 Å². The molecule has 0 aliphatic heterocycles. The molecule has 0 aliphatic carbocycles. The van der Waals surface area contributed by atoms with Gasteiger partial charge < -0.3 is 10.5 Å². The first kappa shape index (κ1) is 22.9. The maximum atomic E-state index is 6.22. The van der Waals surface area contributed by atoms with Gasteiger partial charge >= 0.3 is 0 Å². The van der Waals surface area contributed by atoms with Gasteiger partial charge in [0, 0.05) is 29.9 Å². The molecule has 0 amide bonds. The third-order valence-corrected chi connectivity index (χ3v) is 4.30. The van der Waals surface area contributed by atoms with Crippen LogP contribution in [0.2, 0.25) is 5.02 Å². The van der Waals surface area contributed by atoms with Crippen LogP contribution in [0.3, 0.4) is 0 Å². The van der Waals surface area contributed by atoms with E-state index in [1.54, 1.807) is 19.3 Å². The van der Waals surface area contributed by atoms with Crippen LogP contribution in [0.25, 0.3) is 5.70 Å². The molecule has 0 unspecified atom stereocenters. The molecule has 0 heterocycles. The second-order valence-corrected chi connectivity index (χ2v) is 6.40. The standard InChI is InChI=1S/C22H30ClN3O/c1-6-16(4)22(26-14-17(7-2)11-12-24)20-10-9-18(23)13-21(20)27-19(8-3)15-25-5/h7-10,13-15H,6,11-12,24H2,1-5H3/b17-7-,19-8+,22-16-,25-15?,26-14-. The molecule has 1 aromatic rings. The van der Waals surface area contributed by atoms with Crippen molar-refractivity contribution in [2.24, 2.45) is 15.7 Å². The zero-order valence-electron chi connectivity index (χ0n) is 16.9. The lowest BCUT2D eigenvalue weighted by Gasteiger charge is -2.14. The molecular weight excluding hydrogens is 358 g/mol. The Morgan fingerprint density at radius 1 is 1.22 bits per heavy atom. The van der Waals surface area contributed by atoms with Gasteiger partial charge in [0.1, 0.15) is 11.5 Å². The molecule has 0 aliphatic rings. The third kappa shape index (κ3) is 7.16. The summed E-state index contributed by atoms with van der Waals surface area (Å²) >= 11 is 6.22. The summed E-state index contributed by atoms with van der Waals surface area (Å²) in [6, 6.07) is 5.60. The van der Waals surface area contributed by atoms with E-state index in [0.717, 1.165) is 35.2 Å². The van der Waals surface area contributed by atoms with Crippen molar-refractivity contribution >= 4 is 29.7 Å². The average Bonchev–Trinajstić information content (AvgIpc) is 2.67. The molecule has 0 spiro atoms. The van der Waals surface area contributed by atoms with Crippen LogP contribution in [0.1, 0.15) is 46.1 Å². The van der Waals surface area contributed by atoms with E-state index in [0.29, 0.717) is 23.1 Å². The van der Waals surface area contributed by atoms with Crippen molar-refractivity contribution in [2.45, 2.75) is 40.5 Å². The van der Waals surface area contributed by atoms with Crippen molar-refractivity contribution in [3.63, 3.8) is 0 Å². The van der Waals surface area contributed by atoms with Crippen LogP contribution in [-0.2, 0) is 0 Å². The van der Waals surface area contributed by atoms with Crippen molar-refractivity contribution in [1.82, 2.24) is 0 Å². The predicted molar refractivity (Wildman–Crippen MR) is 119 cm³/mol. The highest BCUT2D eigenvalue weighted by Crippen LogP contribution is 2.33. The first-order valence-electron chi connectivity index (χ1n) is 9.15. The zero-order chi connectivity index (χ0) is 20.2. The lowest BCUT2D eigenvalue weighted by atomic mass is 10.0. The van der Waals surface area contributed by atoms with Crippen LogP contribution in [0, 0.1) is 0 Å². The molecular formula is C22H30ClN3O. The molecule has 0 fully saturated rings. The van der Waals surface area contributed by atoms with E-state index in [1.807, 2.05) is 44.3 Å². The number of benzene rings is 1. The average molecular weight is 388 g/mol. The number of rotatable bonds is 9. The minimum absolute atomic E-state index is 0.591. The fourth-order valence-electron chi connectivity index (χ4n) is 2.36. The first-order valence-corrected chi connectivity index (χ1v) is 9.53. The number of ether oxygens (including phenoxy) is 1. The molecule has 5 heteroatoms. The lowest BCUT2D eigenvalue weighted by molar-refractivity contribution is 0.454. The summed E-state index contributed by atoms with van der Waals surface area (Å²) in [6.07, 6.45) is 9.11. The zero-order valence-corrected chi connectivity index (χ0v) is 17.7. The molecule has 146 valence electrons. The summed E-state index contributed by atoms with van der Waals surface area (Å²) in [6.45, 7) is 8.67. The van der Waals surface area contributed by atoms with E-state index < -0.39 is 0 Å². The van der Waals surface area contributed by atoms with Crippen molar-refractivity contribution in [2.75, 3.05) is 13.6 Å². The van der Waals surface area contributed by atoms with E-state index >= 15 is 0 Å². The fraction of sp³-hybridized carbons (Fsp3) is 0.364. The Hall–Kier alpha value is -2.17. The highest BCUT2D eigenvalue weighted by molar-refractivity contribution is 6.30. The second-order valence-electron chi connectivity index (χ2n) is 5.96. The van der Waals surface area contributed by atoms with Crippen molar-refractivity contribution in [3.8, 4) is 5.75 Å². The van der Waals surface area contributed by atoms with Gasteiger partial charge in [-0.25, -0.2) is 0 Å². The Balaban J connectivity index is 3.45. The normalized spacial score (nSPS) is 14.2. The molecule has 0 aromatic heterocycles. The number of nitrogens with two attached hydrogens (primary N) is 1. The Kier molecular flexibility index (Phi) is 10.4. The van der Waals surface area contributed by atoms with Crippen LogP contribution < -0.4 is 10.5 Å². The number of halogens is 1. The number of nitrogens with zero attached hydrogens (tertiary/aromatic N) is 2. The Morgan fingerprint density at radius 2 is 1.96 bits per heavy atom. The van der Waals surface area contributed by atoms with Crippen molar-refractivity contribution < 1.29 is 4.74 Å². The lowest BCUT2D eigenvalue weighted by Crippen LogP contribution is -2.02. The van der Waals surface area contributed by atoms with Gasteiger partial charge in [0.15, 0.2) is 0 Å². The van der Waals surface area contributed by atoms with E-state index in [-0.39, 0.29) is 0 Å². The van der Waals surface area contributed by atoms with E-state index in [2.05, 4.69) is 18.8 Å². The quantitative estimate of drug-likeness (QED) is 0.428. The van der Waals surface area contributed by atoms with E-state index in [9.17, 15) is 0 Å². The summed E-state index contributed by atoms with van der Waals surface area (Å²) in [4.78, 5) is 8.81. The van der Waals surface area contributed by atoms with Crippen LogP contribution in [0.4, 0.5) is 0 Å². The van der Waals surface area contributed by atoms with Gasteiger partial charge in [0.25, 0.3) is 0 Å². The smallest absolute Gasteiger partial charge is 0.140 e. The van der Waals surface area contributed by atoms with Crippen molar-refractivity contribution in [3.05, 3.63) is 57.8 Å². The van der Waals surface area contributed by atoms with Gasteiger partial charge in [-0.2, -0.15) is 0 Å². The second kappa shape index (κ2) is 12.3. The number of hydrogen-bond acceptors (Lipinski definition) is 4. The molecule has 0 saturated heterocycles. The summed E-state index contributed by atoms with van der Waals surface area (Å²) < 4.78 is 6.06. The number of aliphatic imine (C=N–C) groups is 2. The monoisotopic (exact) mass is 387 g/mol. The minimum atomic E-state index is 0.591. The summed E-state index contributed by atoms with van der Waals surface area (Å²) in [5, 5.41) is 0.604. The van der Waals surface area contributed by atoms with Crippen LogP contribution in [0.15, 0.2) is 57.2 Å². The third-order valence-electron chi connectivity index (χ3n) is 4.07. The SMILES string of the molecule is C\C=C(/C=N\C(=C(\C)CC)c1ccc(Cl)cc1O/C(C=NC)=C/C)CCN. The Bertz CT molecular complexity index is 774. The topological polar surface area (TPSA) is 60.0 Å². The van der Waals surface area contributed by atoms with Crippen LogP contribution in [-0.4, -0.2) is 26.0 Å². The number of hydrogen-bond donors (Lipinski definition) is 1. The van der Waals surface area contributed by atoms with E-state index in [4.69, 9.17) is 27.1 Å². The van der Waals surface area contributed by atoms with Crippen molar-refractivity contribution in [1.29, 1.82) is 0 Å². The molecule has 1 aromatic carbocycles. The highest BCUT2D eigenvalue weighted by atomic mass is 35.5. The molecule has 0 atom stereocenters. The first-order chi connectivity index (χ1) is 13.0. The molecule has 27 heavy (non-hydrogen) atoms. The van der Waals surface area contributed by atoms with Gasteiger partial charge in [-0.05, 0) is 69.5 Å². The number of allylic oxidation sites excluding steroid dienone is 4. The Labute approximate surface area is 168 Å². The largest absolute Gasteiger partial charge is 0.455 e. The summed E-state index contributed by atoms with van der Waals surface area (Å²) in [5.41, 5.74) is 9.71.